The van der Waals surface area contributed by atoms with Gasteiger partial charge in [-0.05, 0) is 43.9 Å². The second kappa shape index (κ2) is 4.53. The maximum atomic E-state index is 12.1. The Kier molecular flexibility index (Phi) is 2.89. The molecule has 1 aromatic heterocycles. The zero-order valence-corrected chi connectivity index (χ0v) is 9.89. The molecule has 1 aromatic rings. The zero-order valence-electron chi connectivity index (χ0n) is 9.89. The van der Waals surface area contributed by atoms with Crippen LogP contribution in [-0.4, -0.2) is 36.5 Å². The summed E-state index contributed by atoms with van der Waals surface area (Å²) in [5.41, 5.74) is 0. The molecule has 0 radical (unpaired) electrons. The van der Waals surface area contributed by atoms with Crippen molar-refractivity contribution < 1.29 is 9.21 Å². The number of piperidine rings is 2. The number of likely N-dealkylation sites (tertiary alicyclic amines) is 1. The molecule has 3 rings (SSSR count). The monoisotopic (exact) mass is 234 g/mol. The number of rotatable bonds is 1. The standard InChI is InChI=1S/C13H18N2O2/c16-13(12-4-2-8-17-12)15-7-5-11-10(9-15)3-1-6-14-11/h2,4,8,10-11,14H,1,3,5-7,9H2/t10-,11+/m1/s1. The van der Waals surface area contributed by atoms with Gasteiger partial charge in [-0.1, -0.05) is 0 Å². The molecule has 0 spiro atoms. The van der Waals surface area contributed by atoms with Gasteiger partial charge in [0.2, 0.25) is 0 Å². The predicted molar refractivity (Wildman–Crippen MR) is 63.7 cm³/mol. The van der Waals surface area contributed by atoms with Crippen molar-refractivity contribution in [2.24, 2.45) is 5.92 Å². The van der Waals surface area contributed by atoms with Crippen LogP contribution in [0.5, 0.6) is 0 Å². The van der Waals surface area contributed by atoms with Crippen molar-refractivity contribution in [2.45, 2.75) is 25.3 Å². The Morgan fingerprint density at radius 2 is 2.41 bits per heavy atom. The maximum absolute atomic E-state index is 12.1. The lowest BCUT2D eigenvalue weighted by Crippen LogP contribution is -2.53. The molecule has 92 valence electrons. The summed E-state index contributed by atoms with van der Waals surface area (Å²) in [4.78, 5) is 14.1. The van der Waals surface area contributed by atoms with Crippen LogP contribution in [0, 0.1) is 5.92 Å². The number of carbonyl (C=O) groups is 1. The summed E-state index contributed by atoms with van der Waals surface area (Å²) in [5.74, 6) is 1.13. The minimum absolute atomic E-state index is 0.0408. The molecule has 4 nitrogen and oxygen atoms in total. The van der Waals surface area contributed by atoms with Gasteiger partial charge in [-0.3, -0.25) is 4.79 Å². The van der Waals surface area contributed by atoms with E-state index in [-0.39, 0.29) is 5.91 Å². The number of nitrogens with zero attached hydrogens (tertiary/aromatic N) is 1. The number of furan rings is 1. The minimum atomic E-state index is 0.0408. The van der Waals surface area contributed by atoms with Crippen molar-refractivity contribution in [2.75, 3.05) is 19.6 Å². The van der Waals surface area contributed by atoms with Gasteiger partial charge in [0.1, 0.15) is 0 Å². The Labute approximate surface area is 101 Å². The molecule has 2 fully saturated rings. The lowest BCUT2D eigenvalue weighted by atomic mass is 9.85. The highest BCUT2D eigenvalue weighted by molar-refractivity contribution is 5.91. The fraction of sp³-hybridized carbons (Fsp3) is 0.615. The normalized spacial score (nSPS) is 28.8. The van der Waals surface area contributed by atoms with Crippen LogP contribution in [0.2, 0.25) is 0 Å². The Hall–Kier alpha value is -1.29. The van der Waals surface area contributed by atoms with Gasteiger partial charge in [-0.25, -0.2) is 0 Å². The van der Waals surface area contributed by atoms with Crippen molar-refractivity contribution in [1.82, 2.24) is 10.2 Å². The number of carbonyl (C=O) groups excluding carboxylic acids is 1. The second-order valence-electron chi connectivity index (χ2n) is 4.98. The number of hydrogen-bond donors (Lipinski definition) is 1. The van der Waals surface area contributed by atoms with Crippen LogP contribution in [-0.2, 0) is 0 Å². The van der Waals surface area contributed by atoms with Gasteiger partial charge < -0.3 is 14.6 Å². The summed E-state index contributed by atoms with van der Waals surface area (Å²) < 4.78 is 5.18. The molecule has 0 aliphatic carbocycles. The third kappa shape index (κ3) is 2.09. The summed E-state index contributed by atoms with van der Waals surface area (Å²) in [7, 11) is 0. The molecule has 2 saturated heterocycles. The fourth-order valence-electron chi connectivity index (χ4n) is 2.99. The molecular weight excluding hydrogens is 216 g/mol. The first-order valence-electron chi connectivity index (χ1n) is 6.41. The van der Waals surface area contributed by atoms with Gasteiger partial charge in [0, 0.05) is 19.1 Å². The largest absolute Gasteiger partial charge is 0.459 e. The first-order chi connectivity index (χ1) is 8.34. The summed E-state index contributed by atoms with van der Waals surface area (Å²) in [6.07, 6.45) is 5.09. The quantitative estimate of drug-likeness (QED) is 0.801. The van der Waals surface area contributed by atoms with E-state index in [0.717, 1.165) is 26.1 Å². The summed E-state index contributed by atoms with van der Waals surface area (Å²) in [5, 5.41) is 3.55. The molecule has 1 amide bonds. The number of amides is 1. The van der Waals surface area contributed by atoms with E-state index < -0.39 is 0 Å². The molecular formula is C13H18N2O2. The molecule has 0 bridgehead atoms. The van der Waals surface area contributed by atoms with E-state index >= 15 is 0 Å². The Morgan fingerprint density at radius 3 is 3.24 bits per heavy atom. The van der Waals surface area contributed by atoms with Gasteiger partial charge in [-0.2, -0.15) is 0 Å². The van der Waals surface area contributed by atoms with Crippen molar-refractivity contribution in [3.05, 3.63) is 24.2 Å². The van der Waals surface area contributed by atoms with Crippen LogP contribution in [0.3, 0.4) is 0 Å². The van der Waals surface area contributed by atoms with Gasteiger partial charge in [0.05, 0.1) is 6.26 Å². The van der Waals surface area contributed by atoms with Crippen LogP contribution in [0.25, 0.3) is 0 Å². The third-order valence-corrected chi connectivity index (χ3v) is 3.91. The SMILES string of the molecule is O=C(c1ccco1)N1CC[C@@H]2NCCC[C@@H]2C1. The Balaban J connectivity index is 1.67. The zero-order chi connectivity index (χ0) is 11.7. The van der Waals surface area contributed by atoms with Crippen molar-refractivity contribution >= 4 is 5.91 Å². The lowest BCUT2D eigenvalue weighted by molar-refractivity contribution is 0.0562. The second-order valence-corrected chi connectivity index (χ2v) is 4.98. The molecule has 0 aromatic carbocycles. The summed E-state index contributed by atoms with van der Waals surface area (Å²) in [6, 6.07) is 4.12. The Morgan fingerprint density at radius 1 is 1.47 bits per heavy atom. The molecule has 2 aliphatic heterocycles. The average molecular weight is 234 g/mol. The van der Waals surface area contributed by atoms with E-state index in [1.807, 2.05) is 4.90 Å². The maximum Gasteiger partial charge on any atom is 0.289 e. The molecule has 0 unspecified atom stereocenters. The van der Waals surface area contributed by atoms with E-state index in [2.05, 4.69) is 5.32 Å². The number of hydrogen-bond acceptors (Lipinski definition) is 3. The van der Waals surface area contributed by atoms with Crippen LogP contribution in [0.15, 0.2) is 22.8 Å². The molecule has 4 heteroatoms. The van der Waals surface area contributed by atoms with Crippen LogP contribution >= 0.6 is 0 Å². The molecule has 2 aliphatic rings. The highest BCUT2D eigenvalue weighted by atomic mass is 16.3. The van der Waals surface area contributed by atoms with E-state index in [1.54, 1.807) is 18.4 Å². The lowest BCUT2D eigenvalue weighted by Gasteiger charge is -2.41. The third-order valence-electron chi connectivity index (χ3n) is 3.91. The Bertz CT molecular complexity index is 388. The molecule has 0 saturated carbocycles. The van der Waals surface area contributed by atoms with E-state index in [9.17, 15) is 4.79 Å². The predicted octanol–water partition coefficient (Wildman–Crippen LogP) is 1.49. The topological polar surface area (TPSA) is 45.5 Å². The van der Waals surface area contributed by atoms with Crippen LogP contribution in [0.4, 0.5) is 0 Å². The molecule has 3 heterocycles. The van der Waals surface area contributed by atoms with Gasteiger partial charge in [-0.15, -0.1) is 0 Å². The van der Waals surface area contributed by atoms with Crippen molar-refractivity contribution in [1.29, 1.82) is 0 Å². The first-order valence-corrected chi connectivity index (χ1v) is 6.41. The van der Waals surface area contributed by atoms with Crippen LogP contribution < -0.4 is 5.32 Å². The van der Waals surface area contributed by atoms with E-state index in [4.69, 9.17) is 4.42 Å². The molecule has 17 heavy (non-hydrogen) atoms. The van der Waals surface area contributed by atoms with Crippen LogP contribution in [0.1, 0.15) is 29.8 Å². The highest BCUT2D eigenvalue weighted by Gasteiger charge is 2.33. The minimum Gasteiger partial charge on any atom is -0.459 e. The smallest absolute Gasteiger partial charge is 0.289 e. The van der Waals surface area contributed by atoms with E-state index in [0.29, 0.717) is 17.7 Å². The van der Waals surface area contributed by atoms with Gasteiger partial charge >= 0.3 is 0 Å². The van der Waals surface area contributed by atoms with Crippen molar-refractivity contribution in [3.63, 3.8) is 0 Å². The van der Waals surface area contributed by atoms with Crippen molar-refractivity contribution in [3.8, 4) is 0 Å². The average Bonchev–Trinajstić information content (AvgIpc) is 2.91. The first kappa shape index (κ1) is 10.8. The van der Waals surface area contributed by atoms with E-state index in [1.165, 1.54) is 12.8 Å². The highest BCUT2D eigenvalue weighted by Crippen LogP contribution is 2.25. The molecule has 1 N–H and O–H groups in total. The van der Waals surface area contributed by atoms with Gasteiger partial charge in [0.15, 0.2) is 5.76 Å². The number of nitrogens with one attached hydrogen (secondary N) is 1. The fourth-order valence-corrected chi connectivity index (χ4v) is 2.99. The molecule has 2 atom stereocenters. The summed E-state index contributed by atoms with van der Waals surface area (Å²) >= 11 is 0. The van der Waals surface area contributed by atoms with Gasteiger partial charge in [0.25, 0.3) is 5.91 Å². The number of fused-ring (bicyclic) bond motifs is 1. The summed E-state index contributed by atoms with van der Waals surface area (Å²) in [6.45, 7) is 2.85.